The number of hydrogen-bond donors (Lipinski definition) is 1. The number of fused-ring (bicyclic) bond motifs is 1. The van der Waals surface area contributed by atoms with Crippen molar-refractivity contribution in [1.29, 1.82) is 0 Å². The molecule has 0 saturated carbocycles. The maximum atomic E-state index is 13.7. The molecule has 33 heavy (non-hydrogen) atoms. The minimum atomic E-state index is -0.210. The first kappa shape index (κ1) is 22.0. The normalized spacial score (nSPS) is 20.9. The summed E-state index contributed by atoms with van der Waals surface area (Å²) in [6, 6.07) is 21.1. The van der Waals surface area contributed by atoms with Gasteiger partial charge in [0.25, 0.3) is 0 Å². The standard InChI is InChI=1S/C29H32FNO2/c30-24-12-9-21(10-13-24)26-14-11-23-19-25(32)20-27(33-18-17-31-15-5-2-6-16-31)29(23)28(26)22-7-3-1-4-8-22/h1,3-4,7-10,12-13,19-20,26,28,32H,2,5-6,11,14-18H2. The number of phenols is 1. The number of aryl methyl sites for hydroxylation is 1. The second-order valence-electron chi connectivity index (χ2n) is 9.35. The predicted molar refractivity (Wildman–Crippen MR) is 130 cm³/mol. The molecule has 172 valence electrons. The Labute approximate surface area is 195 Å². The minimum absolute atomic E-state index is 0.0889. The molecule has 0 bridgehead atoms. The van der Waals surface area contributed by atoms with E-state index in [-0.39, 0.29) is 23.4 Å². The zero-order valence-corrected chi connectivity index (χ0v) is 19.1. The van der Waals surface area contributed by atoms with Gasteiger partial charge in [0.1, 0.15) is 23.9 Å². The van der Waals surface area contributed by atoms with Crippen LogP contribution >= 0.6 is 0 Å². The van der Waals surface area contributed by atoms with Crippen LogP contribution in [0.25, 0.3) is 0 Å². The molecule has 5 rings (SSSR count). The number of hydrogen-bond acceptors (Lipinski definition) is 3. The highest BCUT2D eigenvalue weighted by Crippen LogP contribution is 2.50. The van der Waals surface area contributed by atoms with Crippen LogP contribution in [0.3, 0.4) is 0 Å². The molecule has 1 saturated heterocycles. The van der Waals surface area contributed by atoms with Crippen LogP contribution in [0.5, 0.6) is 11.5 Å². The molecule has 2 atom stereocenters. The van der Waals surface area contributed by atoms with Gasteiger partial charge in [0, 0.05) is 24.1 Å². The zero-order chi connectivity index (χ0) is 22.6. The number of nitrogens with zero attached hydrogens (tertiary/aromatic N) is 1. The summed E-state index contributed by atoms with van der Waals surface area (Å²) in [4.78, 5) is 2.47. The van der Waals surface area contributed by atoms with Crippen molar-refractivity contribution in [1.82, 2.24) is 4.90 Å². The Kier molecular flexibility index (Phi) is 6.63. The van der Waals surface area contributed by atoms with Gasteiger partial charge in [-0.2, -0.15) is 0 Å². The van der Waals surface area contributed by atoms with Gasteiger partial charge in [-0.1, -0.05) is 48.9 Å². The Morgan fingerprint density at radius 1 is 0.909 bits per heavy atom. The molecular weight excluding hydrogens is 413 g/mol. The zero-order valence-electron chi connectivity index (χ0n) is 19.1. The van der Waals surface area contributed by atoms with Crippen molar-refractivity contribution in [2.75, 3.05) is 26.2 Å². The third-order valence-corrected chi connectivity index (χ3v) is 7.22. The first-order valence-corrected chi connectivity index (χ1v) is 12.2. The highest BCUT2D eigenvalue weighted by molar-refractivity contribution is 5.54. The van der Waals surface area contributed by atoms with Gasteiger partial charge in [-0.15, -0.1) is 0 Å². The molecule has 1 N–H and O–H groups in total. The fourth-order valence-electron chi connectivity index (χ4n) is 5.62. The fourth-order valence-corrected chi connectivity index (χ4v) is 5.62. The van der Waals surface area contributed by atoms with Crippen LogP contribution in [0.1, 0.15) is 59.8 Å². The van der Waals surface area contributed by atoms with Crippen molar-refractivity contribution in [3.63, 3.8) is 0 Å². The minimum Gasteiger partial charge on any atom is -0.508 e. The predicted octanol–water partition coefficient (Wildman–Crippen LogP) is 6.26. The lowest BCUT2D eigenvalue weighted by Crippen LogP contribution is -2.33. The van der Waals surface area contributed by atoms with Crippen LogP contribution in [0, 0.1) is 5.82 Å². The summed E-state index contributed by atoms with van der Waals surface area (Å²) in [6.07, 6.45) is 5.64. The van der Waals surface area contributed by atoms with Crippen LogP contribution < -0.4 is 4.74 Å². The Hall–Kier alpha value is -2.85. The lowest BCUT2D eigenvalue weighted by Gasteiger charge is -2.36. The largest absolute Gasteiger partial charge is 0.508 e. The van der Waals surface area contributed by atoms with E-state index in [0.29, 0.717) is 6.61 Å². The number of halogens is 1. The van der Waals surface area contributed by atoms with E-state index in [2.05, 4.69) is 29.2 Å². The number of ether oxygens (including phenoxy) is 1. The van der Waals surface area contributed by atoms with E-state index in [0.717, 1.165) is 49.4 Å². The third kappa shape index (κ3) is 4.91. The van der Waals surface area contributed by atoms with Gasteiger partial charge in [-0.3, -0.25) is 4.90 Å². The molecule has 4 heteroatoms. The molecule has 3 aromatic rings. The third-order valence-electron chi connectivity index (χ3n) is 7.22. The molecular formula is C29H32FNO2. The second kappa shape index (κ2) is 9.96. The molecule has 3 nitrogen and oxygen atoms in total. The van der Waals surface area contributed by atoms with E-state index in [4.69, 9.17) is 4.74 Å². The molecule has 0 amide bonds. The first-order chi connectivity index (χ1) is 16.2. The number of benzene rings is 3. The van der Waals surface area contributed by atoms with E-state index in [1.165, 1.54) is 30.4 Å². The quantitative estimate of drug-likeness (QED) is 0.486. The van der Waals surface area contributed by atoms with E-state index < -0.39 is 0 Å². The number of aromatic hydroxyl groups is 1. The topological polar surface area (TPSA) is 32.7 Å². The summed E-state index contributed by atoms with van der Waals surface area (Å²) in [5.74, 6) is 1.13. The maximum Gasteiger partial charge on any atom is 0.127 e. The van der Waals surface area contributed by atoms with Gasteiger partial charge >= 0.3 is 0 Å². The molecule has 1 aliphatic carbocycles. The maximum absolute atomic E-state index is 13.7. The van der Waals surface area contributed by atoms with Gasteiger partial charge in [0.15, 0.2) is 0 Å². The van der Waals surface area contributed by atoms with E-state index >= 15 is 0 Å². The van der Waals surface area contributed by atoms with Crippen molar-refractivity contribution < 1.29 is 14.2 Å². The lowest BCUT2D eigenvalue weighted by molar-refractivity contribution is 0.182. The van der Waals surface area contributed by atoms with Crippen LogP contribution in [-0.2, 0) is 6.42 Å². The van der Waals surface area contributed by atoms with E-state index in [1.807, 2.05) is 24.3 Å². The Bertz CT molecular complexity index is 1060. The van der Waals surface area contributed by atoms with E-state index in [9.17, 15) is 9.50 Å². The van der Waals surface area contributed by atoms with Crippen LogP contribution in [0.15, 0.2) is 66.7 Å². The summed E-state index contributed by atoms with van der Waals surface area (Å²) in [5.41, 5.74) is 4.68. The van der Waals surface area contributed by atoms with Gasteiger partial charge in [-0.25, -0.2) is 4.39 Å². The van der Waals surface area contributed by atoms with Crippen LogP contribution in [0.4, 0.5) is 4.39 Å². The average molecular weight is 446 g/mol. The van der Waals surface area contributed by atoms with Gasteiger partial charge < -0.3 is 9.84 Å². The molecule has 1 heterocycles. The first-order valence-electron chi connectivity index (χ1n) is 12.2. The smallest absolute Gasteiger partial charge is 0.127 e. The summed E-state index contributed by atoms with van der Waals surface area (Å²) in [5, 5.41) is 10.5. The molecule has 0 spiro atoms. The van der Waals surface area contributed by atoms with Crippen molar-refractivity contribution in [3.05, 3.63) is 94.8 Å². The molecule has 3 aromatic carbocycles. The monoisotopic (exact) mass is 445 g/mol. The molecule has 1 fully saturated rings. The van der Waals surface area contributed by atoms with Gasteiger partial charge in [-0.05, 0) is 79.6 Å². The number of rotatable bonds is 6. The fraction of sp³-hybridized carbons (Fsp3) is 0.379. The summed E-state index contributed by atoms with van der Waals surface area (Å²) in [6.45, 7) is 3.79. The number of piperidine rings is 1. The van der Waals surface area contributed by atoms with Crippen molar-refractivity contribution >= 4 is 0 Å². The number of likely N-dealkylation sites (tertiary alicyclic amines) is 1. The summed E-state index contributed by atoms with van der Waals surface area (Å²) in [7, 11) is 0. The van der Waals surface area contributed by atoms with Crippen molar-refractivity contribution in [2.24, 2.45) is 0 Å². The van der Waals surface area contributed by atoms with Crippen molar-refractivity contribution in [2.45, 2.75) is 43.9 Å². The second-order valence-corrected chi connectivity index (χ2v) is 9.35. The molecule has 2 aliphatic rings. The lowest BCUT2D eigenvalue weighted by atomic mass is 9.69. The molecule has 0 radical (unpaired) electrons. The Balaban J connectivity index is 1.50. The highest BCUT2D eigenvalue weighted by atomic mass is 19.1. The Morgan fingerprint density at radius 2 is 1.67 bits per heavy atom. The van der Waals surface area contributed by atoms with Gasteiger partial charge in [0.2, 0.25) is 0 Å². The van der Waals surface area contributed by atoms with E-state index in [1.54, 1.807) is 18.2 Å². The van der Waals surface area contributed by atoms with Crippen LogP contribution in [0.2, 0.25) is 0 Å². The van der Waals surface area contributed by atoms with Crippen LogP contribution in [-0.4, -0.2) is 36.2 Å². The Morgan fingerprint density at radius 3 is 2.42 bits per heavy atom. The highest BCUT2D eigenvalue weighted by Gasteiger charge is 2.35. The summed E-state index contributed by atoms with van der Waals surface area (Å²) >= 11 is 0. The molecule has 0 aromatic heterocycles. The molecule has 2 unspecified atom stereocenters. The van der Waals surface area contributed by atoms with Gasteiger partial charge in [0.05, 0.1) is 0 Å². The van der Waals surface area contributed by atoms with Crippen molar-refractivity contribution in [3.8, 4) is 11.5 Å². The number of phenolic OH excluding ortho intramolecular Hbond substituents is 1. The average Bonchev–Trinajstić information content (AvgIpc) is 2.85. The SMILES string of the molecule is Oc1cc2c(c(OCCN3CCCCC3)c1)C(c1ccccc1)C(c1ccc(F)cc1)CC2. The summed E-state index contributed by atoms with van der Waals surface area (Å²) < 4.78 is 20.0. The molecule has 1 aliphatic heterocycles.